The fourth-order valence-corrected chi connectivity index (χ4v) is 4.42. The van der Waals surface area contributed by atoms with Crippen molar-refractivity contribution < 1.29 is 0 Å². The van der Waals surface area contributed by atoms with Gasteiger partial charge in [0.15, 0.2) is 0 Å². The van der Waals surface area contributed by atoms with Crippen LogP contribution in [0.4, 0.5) is 0 Å². The second-order valence-corrected chi connectivity index (χ2v) is 7.89. The van der Waals surface area contributed by atoms with Gasteiger partial charge in [0, 0.05) is 35.5 Å². The van der Waals surface area contributed by atoms with Crippen molar-refractivity contribution in [1.82, 2.24) is 14.5 Å². The van der Waals surface area contributed by atoms with Crippen molar-refractivity contribution in [3.63, 3.8) is 0 Å². The average molecular weight is 404 g/mol. The van der Waals surface area contributed by atoms with Gasteiger partial charge in [-0.25, -0.2) is 4.98 Å². The quantitative estimate of drug-likeness (QED) is 0.526. The first kappa shape index (κ1) is 20.1. The molecule has 0 atom stereocenters. The third-order valence-corrected chi connectivity index (χ3v) is 6.06. The molecule has 0 aliphatic carbocycles. The van der Waals surface area contributed by atoms with Crippen LogP contribution in [-0.2, 0) is 13.0 Å². The summed E-state index contributed by atoms with van der Waals surface area (Å²) in [5.74, 6) is 0.895. The van der Waals surface area contributed by atoms with Crippen LogP contribution in [0.25, 0.3) is 21.3 Å². The molecule has 0 saturated heterocycles. The van der Waals surface area contributed by atoms with E-state index in [2.05, 4.69) is 25.7 Å². The van der Waals surface area contributed by atoms with Crippen LogP contribution in [0, 0.1) is 0 Å². The van der Waals surface area contributed by atoms with Gasteiger partial charge in [-0.2, -0.15) is 0 Å². The highest BCUT2D eigenvalue weighted by Gasteiger charge is 2.17. The smallest absolute Gasteiger partial charge is 0.262 e. The number of aromatic nitrogens is 2. The Morgan fingerprint density at radius 2 is 1.85 bits per heavy atom. The number of fused-ring (bicyclic) bond motifs is 1. The van der Waals surface area contributed by atoms with E-state index in [1.807, 2.05) is 34.2 Å². The van der Waals surface area contributed by atoms with E-state index in [9.17, 15) is 4.79 Å². The van der Waals surface area contributed by atoms with E-state index < -0.39 is 0 Å². The van der Waals surface area contributed by atoms with Crippen molar-refractivity contribution in [2.75, 3.05) is 19.6 Å². The number of aryl methyl sites for hydroxylation is 1. The Balaban J connectivity index is 2.10. The van der Waals surface area contributed by atoms with Gasteiger partial charge in [0.25, 0.3) is 5.56 Å². The van der Waals surface area contributed by atoms with Gasteiger partial charge >= 0.3 is 0 Å². The molecule has 0 unspecified atom stereocenters. The van der Waals surface area contributed by atoms with Crippen LogP contribution in [0.5, 0.6) is 0 Å². The number of rotatable bonds is 8. The molecule has 0 bridgehead atoms. The molecular weight excluding hydrogens is 378 g/mol. The zero-order valence-electron chi connectivity index (χ0n) is 16.2. The summed E-state index contributed by atoms with van der Waals surface area (Å²) in [6, 6.07) is 7.64. The summed E-state index contributed by atoms with van der Waals surface area (Å²) in [7, 11) is 0. The molecule has 0 fully saturated rings. The Morgan fingerprint density at radius 1 is 1.15 bits per heavy atom. The maximum absolute atomic E-state index is 13.4. The maximum Gasteiger partial charge on any atom is 0.262 e. The van der Waals surface area contributed by atoms with Crippen LogP contribution in [0.3, 0.4) is 0 Å². The molecule has 144 valence electrons. The van der Waals surface area contributed by atoms with Gasteiger partial charge in [-0.1, -0.05) is 44.5 Å². The van der Waals surface area contributed by atoms with Gasteiger partial charge < -0.3 is 4.90 Å². The van der Waals surface area contributed by atoms with Gasteiger partial charge in [-0.3, -0.25) is 9.36 Å². The van der Waals surface area contributed by atoms with Crippen molar-refractivity contribution in [2.45, 2.75) is 40.2 Å². The first-order valence-corrected chi connectivity index (χ1v) is 10.8. The monoisotopic (exact) mass is 403 g/mol. The van der Waals surface area contributed by atoms with Crippen LogP contribution in [-0.4, -0.2) is 34.1 Å². The van der Waals surface area contributed by atoms with E-state index >= 15 is 0 Å². The number of hydrogen-bond acceptors (Lipinski definition) is 4. The molecule has 3 aromatic rings. The summed E-state index contributed by atoms with van der Waals surface area (Å²) < 4.78 is 1.89. The van der Waals surface area contributed by atoms with Crippen molar-refractivity contribution in [3.8, 4) is 11.1 Å². The lowest BCUT2D eigenvalue weighted by Gasteiger charge is -2.20. The summed E-state index contributed by atoms with van der Waals surface area (Å²) in [5.41, 5.74) is 2.02. The number of hydrogen-bond donors (Lipinski definition) is 0. The second kappa shape index (κ2) is 9.00. The minimum atomic E-state index is 0.0711. The Labute approximate surface area is 169 Å². The Hall–Kier alpha value is -1.69. The van der Waals surface area contributed by atoms with Crippen LogP contribution in [0.15, 0.2) is 34.4 Å². The molecular formula is C21H26ClN3OS. The van der Waals surface area contributed by atoms with Crippen LogP contribution < -0.4 is 5.56 Å². The molecule has 4 nitrogen and oxygen atoms in total. The van der Waals surface area contributed by atoms with Gasteiger partial charge in [0.05, 0.1) is 5.39 Å². The normalized spacial score (nSPS) is 11.6. The van der Waals surface area contributed by atoms with Crippen molar-refractivity contribution in [1.29, 1.82) is 0 Å². The summed E-state index contributed by atoms with van der Waals surface area (Å²) in [4.78, 5) is 21.4. The van der Waals surface area contributed by atoms with Crippen LogP contribution >= 0.6 is 22.9 Å². The number of halogens is 1. The van der Waals surface area contributed by atoms with E-state index in [0.717, 1.165) is 59.6 Å². The van der Waals surface area contributed by atoms with E-state index in [0.29, 0.717) is 11.6 Å². The molecule has 0 N–H and O–H groups in total. The lowest BCUT2D eigenvalue weighted by Crippen LogP contribution is -2.33. The van der Waals surface area contributed by atoms with E-state index in [4.69, 9.17) is 16.6 Å². The SMILES string of the molecule is CCCc1nc2scc(-c3ccc(Cl)cc3)c2c(=O)n1CCN(CC)CC. The highest BCUT2D eigenvalue weighted by Crippen LogP contribution is 2.31. The Bertz CT molecular complexity index is 958. The zero-order chi connectivity index (χ0) is 19.4. The Morgan fingerprint density at radius 3 is 2.48 bits per heavy atom. The predicted molar refractivity (Wildman–Crippen MR) is 116 cm³/mol. The molecule has 1 aromatic carbocycles. The topological polar surface area (TPSA) is 38.1 Å². The molecule has 0 aliphatic heterocycles. The summed E-state index contributed by atoms with van der Waals surface area (Å²) in [6.07, 6.45) is 1.79. The van der Waals surface area contributed by atoms with E-state index in [-0.39, 0.29) is 5.56 Å². The minimum absolute atomic E-state index is 0.0711. The maximum atomic E-state index is 13.4. The molecule has 0 radical (unpaired) electrons. The summed E-state index contributed by atoms with van der Waals surface area (Å²) >= 11 is 7.56. The second-order valence-electron chi connectivity index (χ2n) is 6.60. The number of benzene rings is 1. The van der Waals surface area contributed by atoms with E-state index in [1.54, 1.807) is 11.3 Å². The van der Waals surface area contributed by atoms with Crippen LogP contribution in [0.2, 0.25) is 5.02 Å². The van der Waals surface area contributed by atoms with Crippen LogP contribution in [0.1, 0.15) is 33.0 Å². The molecule has 2 aromatic heterocycles. The van der Waals surface area contributed by atoms with Crippen molar-refractivity contribution >= 4 is 33.2 Å². The standard InChI is InChI=1S/C21H26ClN3OS/c1-4-7-18-23-20-19(21(26)25(18)13-12-24(5-2)6-3)17(14-27-20)15-8-10-16(22)11-9-15/h8-11,14H,4-7,12-13H2,1-3H3. The molecule has 3 rings (SSSR count). The molecule has 0 amide bonds. The minimum Gasteiger partial charge on any atom is -0.302 e. The fourth-order valence-electron chi connectivity index (χ4n) is 3.33. The Kier molecular flexibility index (Phi) is 6.68. The highest BCUT2D eigenvalue weighted by atomic mass is 35.5. The molecule has 27 heavy (non-hydrogen) atoms. The highest BCUT2D eigenvalue weighted by molar-refractivity contribution is 7.17. The zero-order valence-corrected chi connectivity index (χ0v) is 17.7. The fraction of sp³-hybridized carbons (Fsp3) is 0.429. The van der Waals surface area contributed by atoms with Gasteiger partial charge in [-0.05, 0) is 37.2 Å². The lowest BCUT2D eigenvalue weighted by molar-refractivity contribution is 0.287. The molecule has 6 heteroatoms. The number of nitrogens with zero attached hydrogens (tertiary/aromatic N) is 3. The average Bonchev–Trinajstić information content (AvgIpc) is 3.09. The third kappa shape index (κ3) is 4.26. The first-order valence-electron chi connectivity index (χ1n) is 9.58. The summed E-state index contributed by atoms with van der Waals surface area (Å²) in [6.45, 7) is 9.93. The largest absolute Gasteiger partial charge is 0.302 e. The summed E-state index contributed by atoms with van der Waals surface area (Å²) in [5, 5.41) is 3.45. The molecule has 0 aliphatic rings. The van der Waals surface area contributed by atoms with Gasteiger partial charge in [0.2, 0.25) is 0 Å². The van der Waals surface area contributed by atoms with Crippen molar-refractivity contribution in [3.05, 3.63) is 50.8 Å². The lowest BCUT2D eigenvalue weighted by atomic mass is 10.1. The first-order chi connectivity index (χ1) is 13.1. The predicted octanol–water partition coefficient (Wildman–Crippen LogP) is 5.07. The number of likely N-dealkylation sites (N-methyl/N-ethyl adjacent to an activating group) is 1. The molecule has 0 spiro atoms. The van der Waals surface area contributed by atoms with Gasteiger partial charge in [-0.15, -0.1) is 11.3 Å². The molecule has 0 saturated carbocycles. The molecule has 2 heterocycles. The third-order valence-electron chi connectivity index (χ3n) is 4.94. The van der Waals surface area contributed by atoms with Crippen molar-refractivity contribution in [2.24, 2.45) is 0 Å². The van der Waals surface area contributed by atoms with Gasteiger partial charge in [0.1, 0.15) is 10.7 Å². The van der Waals surface area contributed by atoms with E-state index in [1.165, 1.54) is 0 Å². The number of thiophene rings is 1.